The molecule has 0 aliphatic heterocycles. The number of benzene rings is 2. The fraction of sp³-hybridized carbons (Fsp3) is 0.300. The minimum absolute atomic E-state index is 0.214. The van der Waals surface area contributed by atoms with Gasteiger partial charge in [0.05, 0.1) is 10.0 Å². The molecule has 8 heteroatoms. The van der Waals surface area contributed by atoms with Gasteiger partial charge in [0.2, 0.25) is 5.91 Å². The van der Waals surface area contributed by atoms with Crippen LogP contribution < -0.4 is 15.4 Å². The molecule has 1 amide bonds. The minimum atomic E-state index is -1.22. The molecular formula is C20H22Cl2N2O4. The molecule has 0 aliphatic carbocycles. The first-order valence-corrected chi connectivity index (χ1v) is 9.40. The minimum Gasteiger partial charge on any atom is -0.486 e. The zero-order valence-electron chi connectivity index (χ0n) is 15.8. The second-order valence-electron chi connectivity index (χ2n) is 6.68. The zero-order chi connectivity index (χ0) is 20.8. The Morgan fingerprint density at radius 1 is 1.07 bits per heavy atom. The number of nitrogens with one attached hydrogen (secondary N) is 2. The number of carbonyl (C=O) groups excluding carboxylic acids is 1. The van der Waals surface area contributed by atoms with Gasteiger partial charge in [-0.05, 0) is 56.2 Å². The lowest BCUT2D eigenvalue weighted by atomic mass is 10.1. The van der Waals surface area contributed by atoms with Crippen LogP contribution in [0, 0.1) is 6.92 Å². The summed E-state index contributed by atoms with van der Waals surface area (Å²) in [5, 5.41) is 14.9. The van der Waals surface area contributed by atoms with Crippen molar-refractivity contribution >= 4 is 46.5 Å². The van der Waals surface area contributed by atoms with Crippen LogP contribution in [0.4, 0.5) is 11.4 Å². The number of hydrogen-bond donors (Lipinski definition) is 3. The Morgan fingerprint density at radius 3 is 2.29 bits per heavy atom. The van der Waals surface area contributed by atoms with Gasteiger partial charge in [-0.15, -0.1) is 0 Å². The second-order valence-corrected chi connectivity index (χ2v) is 7.50. The quantitative estimate of drug-likeness (QED) is 0.512. The van der Waals surface area contributed by atoms with Gasteiger partial charge in [0.15, 0.2) is 5.75 Å². The highest BCUT2D eigenvalue weighted by atomic mass is 35.5. The van der Waals surface area contributed by atoms with Crippen molar-refractivity contribution in [1.29, 1.82) is 0 Å². The number of rotatable bonds is 8. The third-order valence-corrected chi connectivity index (χ3v) is 4.13. The molecule has 0 atom stereocenters. The van der Waals surface area contributed by atoms with Crippen LogP contribution >= 0.6 is 23.2 Å². The van der Waals surface area contributed by atoms with E-state index in [4.69, 9.17) is 33.0 Å². The van der Waals surface area contributed by atoms with Crippen molar-refractivity contribution in [2.45, 2.75) is 39.8 Å². The van der Waals surface area contributed by atoms with Gasteiger partial charge in [0.25, 0.3) is 0 Å². The number of hydrogen-bond acceptors (Lipinski definition) is 4. The number of anilines is 2. The van der Waals surface area contributed by atoms with Gasteiger partial charge >= 0.3 is 5.97 Å². The maximum atomic E-state index is 11.6. The Labute approximate surface area is 173 Å². The van der Waals surface area contributed by atoms with Gasteiger partial charge in [-0.25, -0.2) is 0 Å². The third-order valence-electron chi connectivity index (χ3n) is 3.57. The summed E-state index contributed by atoms with van der Waals surface area (Å²) < 4.78 is 5.79. The Hall–Kier alpha value is -2.44. The SMILES string of the molecule is Cc1cc(COc2c(Cl)cc(NC(=O)CC(=O)O)cc2Cl)cc(NC(C)C)c1. The number of halogens is 2. The Balaban J connectivity index is 2.11. The van der Waals surface area contributed by atoms with Gasteiger partial charge in [-0.2, -0.15) is 0 Å². The highest BCUT2D eigenvalue weighted by Crippen LogP contribution is 2.36. The summed E-state index contributed by atoms with van der Waals surface area (Å²) in [7, 11) is 0. The average molecular weight is 425 g/mol. The Kier molecular flexibility index (Phi) is 7.54. The molecule has 0 unspecified atom stereocenters. The maximum absolute atomic E-state index is 11.6. The van der Waals surface area contributed by atoms with Gasteiger partial charge in [-0.1, -0.05) is 29.3 Å². The lowest BCUT2D eigenvalue weighted by Gasteiger charge is -2.15. The predicted molar refractivity (Wildman–Crippen MR) is 112 cm³/mol. The van der Waals surface area contributed by atoms with Crippen LogP contribution in [0.25, 0.3) is 0 Å². The lowest BCUT2D eigenvalue weighted by Crippen LogP contribution is -2.15. The van der Waals surface area contributed by atoms with E-state index < -0.39 is 18.3 Å². The molecule has 0 saturated heterocycles. The molecule has 6 nitrogen and oxygen atoms in total. The van der Waals surface area contributed by atoms with E-state index >= 15 is 0 Å². The van der Waals surface area contributed by atoms with Gasteiger partial charge in [0, 0.05) is 17.4 Å². The van der Waals surface area contributed by atoms with Gasteiger partial charge in [-0.3, -0.25) is 9.59 Å². The molecule has 0 spiro atoms. The summed E-state index contributed by atoms with van der Waals surface area (Å²) in [5.74, 6) is -1.60. The van der Waals surface area contributed by atoms with Crippen LogP contribution in [0.2, 0.25) is 10.0 Å². The normalized spacial score (nSPS) is 10.6. The first-order chi connectivity index (χ1) is 13.1. The Morgan fingerprint density at radius 2 is 1.71 bits per heavy atom. The first kappa shape index (κ1) is 21.9. The van der Waals surface area contributed by atoms with Crippen molar-refractivity contribution in [2.75, 3.05) is 10.6 Å². The second kappa shape index (κ2) is 9.66. The number of amides is 1. The van der Waals surface area contributed by atoms with Crippen molar-refractivity contribution in [2.24, 2.45) is 0 Å². The molecule has 2 rings (SSSR count). The average Bonchev–Trinajstić information content (AvgIpc) is 2.51. The summed E-state index contributed by atoms with van der Waals surface area (Å²) >= 11 is 12.5. The molecule has 3 N–H and O–H groups in total. The molecule has 0 radical (unpaired) electrons. The topological polar surface area (TPSA) is 87.7 Å². The predicted octanol–water partition coefficient (Wildman–Crippen LogP) is 5.11. The summed E-state index contributed by atoms with van der Waals surface area (Å²) in [6.07, 6.45) is -0.645. The monoisotopic (exact) mass is 424 g/mol. The van der Waals surface area contributed by atoms with Crippen LogP contribution in [-0.4, -0.2) is 23.0 Å². The number of carbonyl (C=O) groups is 2. The molecule has 2 aromatic carbocycles. The van der Waals surface area contributed by atoms with Crippen LogP contribution in [0.3, 0.4) is 0 Å². The molecule has 0 bridgehead atoms. The number of carboxylic acids is 1. The molecule has 2 aromatic rings. The van der Waals surface area contributed by atoms with E-state index in [1.165, 1.54) is 12.1 Å². The van der Waals surface area contributed by atoms with E-state index in [0.717, 1.165) is 16.8 Å². The van der Waals surface area contributed by atoms with E-state index in [-0.39, 0.29) is 16.7 Å². The summed E-state index contributed by atoms with van der Waals surface area (Å²) in [5.41, 5.74) is 3.35. The largest absolute Gasteiger partial charge is 0.486 e. The third kappa shape index (κ3) is 6.62. The van der Waals surface area contributed by atoms with E-state index in [0.29, 0.717) is 17.5 Å². The molecule has 0 saturated carbocycles. The van der Waals surface area contributed by atoms with E-state index in [2.05, 4.69) is 30.5 Å². The highest BCUT2D eigenvalue weighted by molar-refractivity contribution is 6.37. The number of ether oxygens (including phenoxy) is 1. The summed E-state index contributed by atoms with van der Waals surface area (Å²) in [4.78, 5) is 22.1. The van der Waals surface area contributed by atoms with Crippen LogP contribution in [0.1, 0.15) is 31.4 Å². The molecule has 0 aliphatic rings. The summed E-state index contributed by atoms with van der Waals surface area (Å²) in [6.45, 7) is 6.39. The lowest BCUT2D eigenvalue weighted by molar-refractivity contribution is -0.139. The molecule has 150 valence electrons. The van der Waals surface area contributed by atoms with Crippen molar-refractivity contribution in [1.82, 2.24) is 0 Å². The van der Waals surface area contributed by atoms with Crippen molar-refractivity contribution in [3.8, 4) is 5.75 Å². The number of carboxylic acid groups (broad SMARTS) is 1. The molecule has 0 fully saturated rings. The number of aliphatic carboxylic acids is 1. The zero-order valence-corrected chi connectivity index (χ0v) is 17.3. The first-order valence-electron chi connectivity index (χ1n) is 8.64. The maximum Gasteiger partial charge on any atom is 0.312 e. The van der Waals surface area contributed by atoms with Crippen molar-refractivity contribution in [3.05, 3.63) is 51.5 Å². The van der Waals surface area contributed by atoms with Crippen LogP contribution in [-0.2, 0) is 16.2 Å². The van der Waals surface area contributed by atoms with E-state index in [1.807, 2.05) is 19.1 Å². The molecule has 0 heterocycles. The van der Waals surface area contributed by atoms with E-state index in [9.17, 15) is 9.59 Å². The summed E-state index contributed by atoms with van der Waals surface area (Å²) in [6, 6.07) is 9.29. The smallest absolute Gasteiger partial charge is 0.312 e. The standard InChI is InChI=1S/C20H22Cl2N2O4/c1-11(2)23-14-5-12(3)4-13(6-14)10-28-20-16(21)7-15(8-17(20)22)24-18(25)9-19(26)27/h4-8,11,23H,9-10H2,1-3H3,(H,24,25)(H,26,27). The van der Waals surface area contributed by atoms with Gasteiger partial charge < -0.3 is 20.5 Å². The molecule has 0 aromatic heterocycles. The Bertz CT molecular complexity index is 861. The molecular weight excluding hydrogens is 403 g/mol. The van der Waals surface area contributed by atoms with Crippen molar-refractivity contribution < 1.29 is 19.4 Å². The van der Waals surface area contributed by atoms with E-state index in [1.54, 1.807) is 0 Å². The molecule has 28 heavy (non-hydrogen) atoms. The highest BCUT2D eigenvalue weighted by Gasteiger charge is 2.14. The van der Waals surface area contributed by atoms with Crippen LogP contribution in [0.5, 0.6) is 5.75 Å². The van der Waals surface area contributed by atoms with Crippen molar-refractivity contribution in [3.63, 3.8) is 0 Å². The van der Waals surface area contributed by atoms with Crippen LogP contribution in [0.15, 0.2) is 30.3 Å². The fourth-order valence-corrected chi connectivity index (χ4v) is 3.23. The van der Waals surface area contributed by atoms with Gasteiger partial charge in [0.1, 0.15) is 13.0 Å². The fourth-order valence-electron chi connectivity index (χ4n) is 2.63. The number of aryl methyl sites for hydroxylation is 1.